The highest BCUT2D eigenvalue weighted by molar-refractivity contribution is 6.32. The van der Waals surface area contributed by atoms with E-state index in [4.69, 9.17) is 21.1 Å². The van der Waals surface area contributed by atoms with Crippen molar-refractivity contribution in [3.63, 3.8) is 0 Å². The lowest BCUT2D eigenvalue weighted by Gasteiger charge is -2.35. The molecule has 12 heteroatoms. The number of carbonyl (C=O) groups excluding carboxylic acids is 2. The molecule has 2 heterocycles. The van der Waals surface area contributed by atoms with Crippen LogP contribution in [0.1, 0.15) is 6.92 Å². The number of benzene rings is 2. The maximum absolute atomic E-state index is 13.0. The van der Waals surface area contributed by atoms with Crippen molar-refractivity contribution in [2.24, 2.45) is 0 Å². The molecule has 1 aliphatic rings. The number of carbonyl (C=O) groups is 2. The molecule has 1 aromatic heterocycles. The van der Waals surface area contributed by atoms with Gasteiger partial charge in [0.25, 0.3) is 5.91 Å². The molecule has 0 saturated carbocycles. The third-order valence-corrected chi connectivity index (χ3v) is 6.07. The Labute approximate surface area is 224 Å². The van der Waals surface area contributed by atoms with Gasteiger partial charge in [-0.1, -0.05) is 24.2 Å². The molecule has 198 valence electrons. The fraction of sp³-hybridized carbons (Fsp3) is 0.231. The number of nitrogens with zero attached hydrogens (tertiary/aromatic N) is 4. The molecule has 1 aliphatic heterocycles. The number of piperazine rings is 1. The maximum atomic E-state index is 13.0. The van der Waals surface area contributed by atoms with E-state index in [1.165, 1.54) is 6.20 Å². The largest absolute Gasteiger partial charge is 0.493 e. The number of rotatable bonds is 8. The Morgan fingerprint density at radius 2 is 1.82 bits per heavy atom. The van der Waals surface area contributed by atoms with Crippen LogP contribution < -0.4 is 25.0 Å². The Morgan fingerprint density at radius 1 is 1.08 bits per heavy atom. The van der Waals surface area contributed by atoms with Gasteiger partial charge in [0, 0.05) is 56.2 Å². The van der Waals surface area contributed by atoms with Crippen molar-refractivity contribution >= 4 is 46.3 Å². The normalized spacial score (nSPS) is 13.1. The number of amides is 2. The quantitative estimate of drug-likeness (QED) is 0.393. The zero-order chi connectivity index (χ0) is 27.2. The van der Waals surface area contributed by atoms with Crippen molar-refractivity contribution in [3.8, 4) is 17.5 Å². The molecule has 0 aliphatic carbocycles. The molecule has 2 amide bonds. The van der Waals surface area contributed by atoms with E-state index in [-0.39, 0.29) is 22.8 Å². The highest BCUT2D eigenvalue weighted by Gasteiger charge is 2.20. The van der Waals surface area contributed by atoms with Gasteiger partial charge >= 0.3 is 6.01 Å². The van der Waals surface area contributed by atoms with Gasteiger partial charge in [0.2, 0.25) is 5.91 Å². The predicted octanol–water partition coefficient (Wildman–Crippen LogP) is 4.76. The summed E-state index contributed by atoms with van der Waals surface area (Å²) < 4.78 is 24.5. The fourth-order valence-corrected chi connectivity index (χ4v) is 3.95. The Balaban J connectivity index is 1.48. The van der Waals surface area contributed by atoms with Crippen molar-refractivity contribution in [2.45, 2.75) is 6.92 Å². The number of halogens is 2. The van der Waals surface area contributed by atoms with E-state index in [9.17, 15) is 14.0 Å². The molecule has 0 atom stereocenters. The van der Waals surface area contributed by atoms with Crippen LogP contribution in [0.25, 0.3) is 0 Å². The van der Waals surface area contributed by atoms with E-state index < -0.39 is 11.7 Å². The molecule has 2 N–H and O–H groups in total. The van der Waals surface area contributed by atoms with E-state index in [1.54, 1.807) is 44.4 Å². The molecule has 1 saturated heterocycles. The highest BCUT2D eigenvalue weighted by atomic mass is 35.5. The second-order valence-corrected chi connectivity index (χ2v) is 8.75. The van der Waals surface area contributed by atoms with E-state index >= 15 is 0 Å². The number of ether oxygens (including phenoxy) is 2. The standard InChI is InChI=1S/C26H26ClFN6O4/c1-16(28)25(36)31-19-6-4-5-18(13-19)30-24-21(27)15-29-26(32-24)38-22-8-7-20(14-23(22)37-3)34-11-9-33(10-12-34)17(2)35/h4-8,13-15H,1,9-12H2,2-3H3,(H,31,36)(H,29,30,32). The van der Waals surface area contributed by atoms with Gasteiger partial charge in [-0.15, -0.1) is 0 Å². The third kappa shape index (κ3) is 6.48. The predicted molar refractivity (Wildman–Crippen MR) is 143 cm³/mol. The lowest BCUT2D eigenvalue weighted by molar-refractivity contribution is -0.129. The second-order valence-electron chi connectivity index (χ2n) is 8.34. The summed E-state index contributed by atoms with van der Waals surface area (Å²) in [7, 11) is 1.54. The molecule has 0 unspecified atom stereocenters. The van der Waals surface area contributed by atoms with Crippen LogP contribution >= 0.6 is 11.6 Å². The van der Waals surface area contributed by atoms with Crippen LogP contribution in [0.5, 0.6) is 17.5 Å². The minimum Gasteiger partial charge on any atom is -0.493 e. The number of methoxy groups -OCH3 is 1. The molecule has 10 nitrogen and oxygen atoms in total. The molecule has 2 aromatic carbocycles. The summed E-state index contributed by atoms with van der Waals surface area (Å²) in [6, 6.07) is 12.1. The van der Waals surface area contributed by atoms with Gasteiger partial charge in [0.15, 0.2) is 23.1 Å². The molecule has 0 bridgehead atoms. The molecule has 3 aromatic rings. The van der Waals surface area contributed by atoms with Crippen molar-refractivity contribution in [1.82, 2.24) is 14.9 Å². The van der Waals surface area contributed by atoms with Crippen molar-refractivity contribution in [2.75, 3.05) is 48.8 Å². The number of aromatic nitrogens is 2. The van der Waals surface area contributed by atoms with Crippen molar-refractivity contribution < 1.29 is 23.5 Å². The van der Waals surface area contributed by atoms with Crippen LogP contribution in [-0.4, -0.2) is 60.0 Å². The maximum Gasteiger partial charge on any atom is 0.324 e. The van der Waals surface area contributed by atoms with E-state index in [0.29, 0.717) is 49.1 Å². The zero-order valence-corrected chi connectivity index (χ0v) is 21.6. The summed E-state index contributed by atoms with van der Waals surface area (Å²) in [6.07, 6.45) is 1.39. The van der Waals surface area contributed by atoms with Gasteiger partial charge in [0.1, 0.15) is 5.02 Å². The number of nitrogens with one attached hydrogen (secondary N) is 2. The average molecular weight is 541 g/mol. The van der Waals surface area contributed by atoms with Crippen LogP contribution in [0.3, 0.4) is 0 Å². The Bertz CT molecular complexity index is 1360. The monoisotopic (exact) mass is 540 g/mol. The average Bonchev–Trinajstić information content (AvgIpc) is 2.91. The number of hydrogen-bond donors (Lipinski definition) is 2. The van der Waals surface area contributed by atoms with Gasteiger partial charge in [-0.25, -0.2) is 9.37 Å². The summed E-state index contributed by atoms with van der Waals surface area (Å²) in [4.78, 5) is 35.7. The Kier molecular flexibility index (Phi) is 8.27. The minimum atomic E-state index is -1.09. The number of anilines is 4. The SMILES string of the molecule is C=C(F)C(=O)Nc1cccc(Nc2nc(Oc3ccc(N4CCN(C(C)=O)CC4)cc3OC)ncc2Cl)c1. The fourth-order valence-electron chi connectivity index (χ4n) is 3.81. The summed E-state index contributed by atoms with van der Waals surface area (Å²) in [5.74, 6) is -0.802. The van der Waals surface area contributed by atoms with Gasteiger partial charge in [-0.3, -0.25) is 9.59 Å². The van der Waals surface area contributed by atoms with Crippen molar-refractivity contribution in [1.29, 1.82) is 0 Å². The first-order valence-electron chi connectivity index (χ1n) is 11.6. The first kappa shape index (κ1) is 26.7. The molecule has 0 radical (unpaired) electrons. The van der Waals surface area contributed by atoms with E-state index in [0.717, 1.165) is 5.69 Å². The van der Waals surface area contributed by atoms with E-state index in [2.05, 4.69) is 32.1 Å². The minimum absolute atomic E-state index is 0.0243. The van der Waals surface area contributed by atoms with Gasteiger partial charge in [0.05, 0.1) is 13.3 Å². The summed E-state index contributed by atoms with van der Waals surface area (Å²) >= 11 is 6.28. The van der Waals surface area contributed by atoms with Crippen LogP contribution in [0.15, 0.2) is 61.1 Å². The lowest BCUT2D eigenvalue weighted by Crippen LogP contribution is -2.48. The summed E-state index contributed by atoms with van der Waals surface area (Å²) in [5.41, 5.74) is 1.83. The van der Waals surface area contributed by atoms with Crippen LogP contribution in [0.4, 0.5) is 27.3 Å². The highest BCUT2D eigenvalue weighted by Crippen LogP contribution is 2.35. The van der Waals surface area contributed by atoms with Gasteiger partial charge in [-0.05, 0) is 30.3 Å². The molecule has 4 rings (SSSR count). The zero-order valence-electron chi connectivity index (χ0n) is 20.8. The topological polar surface area (TPSA) is 109 Å². The van der Waals surface area contributed by atoms with E-state index in [1.807, 2.05) is 17.0 Å². The summed E-state index contributed by atoms with van der Waals surface area (Å²) in [5, 5.41) is 5.66. The number of hydrogen-bond acceptors (Lipinski definition) is 8. The van der Waals surface area contributed by atoms with Gasteiger partial charge < -0.3 is 29.9 Å². The first-order chi connectivity index (χ1) is 18.2. The third-order valence-electron chi connectivity index (χ3n) is 5.79. The lowest BCUT2D eigenvalue weighted by atomic mass is 10.2. The van der Waals surface area contributed by atoms with Crippen LogP contribution in [0, 0.1) is 0 Å². The molecule has 38 heavy (non-hydrogen) atoms. The van der Waals surface area contributed by atoms with Crippen molar-refractivity contribution in [3.05, 3.63) is 66.1 Å². The summed E-state index contributed by atoms with van der Waals surface area (Å²) in [6.45, 7) is 7.30. The molecular formula is C26H26ClFN6O4. The Hall–Kier alpha value is -4.38. The van der Waals surface area contributed by atoms with Crippen LogP contribution in [0.2, 0.25) is 5.02 Å². The van der Waals surface area contributed by atoms with Crippen LogP contribution in [-0.2, 0) is 9.59 Å². The molecule has 0 spiro atoms. The molecule has 1 fully saturated rings. The smallest absolute Gasteiger partial charge is 0.324 e. The van der Waals surface area contributed by atoms with Gasteiger partial charge in [-0.2, -0.15) is 4.98 Å². The molecular weight excluding hydrogens is 515 g/mol. The Morgan fingerprint density at radius 3 is 2.50 bits per heavy atom. The second kappa shape index (κ2) is 11.8. The first-order valence-corrected chi connectivity index (χ1v) is 12.0.